The Morgan fingerprint density at radius 2 is 1.55 bits per heavy atom. The van der Waals surface area contributed by atoms with Crippen molar-refractivity contribution in [2.45, 2.75) is 39.0 Å². The second kappa shape index (κ2) is 9.07. The Hall–Kier alpha value is -2.90. The third kappa shape index (κ3) is 6.04. The van der Waals surface area contributed by atoms with Crippen LogP contribution in [0, 0.1) is 11.7 Å². The number of hydrogen-bond acceptors (Lipinski definition) is 2. The zero-order valence-electron chi connectivity index (χ0n) is 16.2. The number of hydrogen-bond donors (Lipinski definition) is 2. The van der Waals surface area contributed by atoms with Crippen LogP contribution in [0.15, 0.2) is 48.5 Å². The second-order valence-corrected chi connectivity index (χ2v) is 7.06. The molecule has 0 aliphatic carbocycles. The molecule has 2 N–H and O–H groups in total. The minimum absolute atomic E-state index is 0.191. The number of halogens is 4. The summed E-state index contributed by atoms with van der Waals surface area (Å²) in [5.41, 5.74) is -0.322. The van der Waals surface area contributed by atoms with E-state index in [4.69, 9.17) is 0 Å². The molecule has 4 nitrogen and oxygen atoms in total. The number of rotatable bonds is 6. The average Bonchev–Trinajstić information content (AvgIpc) is 2.65. The Morgan fingerprint density at radius 1 is 0.931 bits per heavy atom. The van der Waals surface area contributed by atoms with Crippen LogP contribution in [-0.2, 0) is 11.0 Å². The van der Waals surface area contributed by atoms with Crippen LogP contribution in [0.5, 0.6) is 0 Å². The molecule has 2 atom stereocenters. The summed E-state index contributed by atoms with van der Waals surface area (Å²) < 4.78 is 51.7. The van der Waals surface area contributed by atoms with Gasteiger partial charge in [0, 0.05) is 5.56 Å². The molecule has 2 rings (SSSR count). The fraction of sp³-hybridized carbons (Fsp3) is 0.333. The summed E-state index contributed by atoms with van der Waals surface area (Å²) >= 11 is 0. The van der Waals surface area contributed by atoms with Crippen LogP contribution in [0.3, 0.4) is 0 Å². The van der Waals surface area contributed by atoms with Gasteiger partial charge in [-0.05, 0) is 54.8 Å². The first-order valence-electron chi connectivity index (χ1n) is 9.03. The van der Waals surface area contributed by atoms with Crippen molar-refractivity contribution in [1.82, 2.24) is 10.6 Å². The quantitative estimate of drug-likeness (QED) is 0.690. The molecule has 0 aliphatic rings. The highest BCUT2D eigenvalue weighted by molar-refractivity contribution is 5.97. The van der Waals surface area contributed by atoms with Gasteiger partial charge in [-0.25, -0.2) is 4.39 Å². The van der Waals surface area contributed by atoms with E-state index in [9.17, 15) is 27.2 Å². The van der Waals surface area contributed by atoms with Crippen molar-refractivity contribution in [3.05, 3.63) is 71.0 Å². The van der Waals surface area contributed by atoms with Crippen molar-refractivity contribution < 1.29 is 27.2 Å². The molecule has 0 radical (unpaired) electrons. The molecule has 8 heteroatoms. The Morgan fingerprint density at radius 3 is 2.10 bits per heavy atom. The van der Waals surface area contributed by atoms with Gasteiger partial charge < -0.3 is 10.6 Å². The van der Waals surface area contributed by atoms with E-state index >= 15 is 0 Å². The molecule has 2 amide bonds. The molecule has 0 saturated heterocycles. The van der Waals surface area contributed by atoms with E-state index in [1.54, 1.807) is 20.8 Å². The molecule has 2 aromatic rings. The molecule has 2 aromatic carbocycles. The summed E-state index contributed by atoms with van der Waals surface area (Å²) in [5, 5.41) is 5.23. The molecule has 0 aromatic heterocycles. The van der Waals surface area contributed by atoms with Crippen LogP contribution in [0.1, 0.15) is 48.3 Å². The summed E-state index contributed by atoms with van der Waals surface area (Å²) in [6, 6.07) is 7.94. The largest absolute Gasteiger partial charge is 0.416 e. The zero-order chi connectivity index (χ0) is 21.8. The average molecular weight is 410 g/mol. The predicted octanol–water partition coefficient (Wildman–Crippen LogP) is 4.48. The standard InChI is InChI=1S/C21H22F4N2O2/c1-12(2)18(27-19(28)14-7-9-17(22)10-8-14)20(29)26-13(3)15-5-4-6-16(11-15)21(23,24)25/h4-13,18H,1-3H3,(H,26,29)(H,27,28). The number of amides is 2. The molecular weight excluding hydrogens is 388 g/mol. The van der Waals surface area contributed by atoms with E-state index in [0.717, 1.165) is 24.3 Å². The van der Waals surface area contributed by atoms with E-state index in [1.165, 1.54) is 24.3 Å². The molecular formula is C21H22F4N2O2. The predicted molar refractivity (Wildman–Crippen MR) is 100 cm³/mol. The number of carbonyl (C=O) groups excluding carboxylic acids is 2. The van der Waals surface area contributed by atoms with Crippen LogP contribution in [-0.4, -0.2) is 17.9 Å². The van der Waals surface area contributed by atoms with Crippen LogP contribution in [0.4, 0.5) is 17.6 Å². The van der Waals surface area contributed by atoms with Crippen molar-refractivity contribution in [3.63, 3.8) is 0 Å². The van der Waals surface area contributed by atoms with Crippen molar-refractivity contribution >= 4 is 11.8 Å². The third-order valence-corrected chi connectivity index (χ3v) is 4.41. The lowest BCUT2D eigenvalue weighted by atomic mass is 10.0. The molecule has 156 valence electrons. The van der Waals surface area contributed by atoms with Gasteiger partial charge in [0.25, 0.3) is 5.91 Å². The number of benzene rings is 2. The molecule has 0 saturated carbocycles. The lowest BCUT2D eigenvalue weighted by molar-refractivity contribution is -0.137. The summed E-state index contributed by atoms with van der Waals surface area (Å²) in [4.78, 5) is 25.0. The number of nitrogens with one attached hydrogen (secondary N) is 2. The van der Waals surface area contributed by atoms with Gasteiger partial charge in [0.15, 0.2) is 0 Å². The van der Waals surface area contributed by atoms with E-state index in [1.807, 2.05) is 0 Å². The van der Waals surface area contributed by atoms with Crippen molar-refractivity contribution in [3.8, 4) is 0 Å². The van der Waals surface area contributed by atoms with E-state index < -0.39 is 41.5 Å². The summed E-state index contributed by atoms with van der Waals surface area (Å²) in [6.07, 6.45) is -4.48. The van der Waals surface area contributed by atoms with Gasteiger partial charge in [0.05, 0.1) is 11.6 Å². The third-order valence-electron chi connectivity index (χ3n) is 4.41. The zero-order valence-corrected chi connectivity index (χ0v) is 16.2. The van der Waals surface area contributed by atoms with Crippen molar-refractivity contribution in [2.75, 3.05) is 0 Å². The topological polar surface area (TPSA) is 58.2 Å². The lowest BCUT2D eigenvalue weighted by Gasteiger charge is -2.24. The van der Waals surface area contributed by atoms with E-state index in [2.05, 4.69) is 10.6 Å². The minimum Gasteiger partial charge on any atom is -0.348 e. The van der Waals surface area contributed by atoms with E-state index in [0.29, 0.717) is 5.56 Å². The molecule has 0 aliphatic heterocycles. The monoisotopic (exact) mass is 410 g/mol. The van der Waals surface area contributed by atoms with Crippen LogP contribution < -0.4 is 10.6 Å². The molecule has 0 bridgehead atoms. The molecule has 2 unspecified atom stereocenters. The Balaban J connectivity index is 2.11. The Bertz CT molecular complexity index is 864. The van der Waals surface area contributed by atoms with Gasteiger partial charge in [-0.1, -0.05) is 26.0 Å². The lowest BCUT2D eigenvalue weighted by Crippen LogP contribution is -2.50. The highest BCUT2D eigenvalue weighted by Crippen LogP contribution is 2.30. The van der Waals surface area contributed by atoms with Gasteiger partial charge in [-0.2, -0.15) is 13.2 Å². The first-order chi connectivity index (χ1) is 13.5. The number of carbonyl (C=O) groups is 2. The smallest absolute Gasteiger partial charge is 0.348 e. The van der Waals surface area contributed by atoms with Crippen LogP contribution in [0.2, 0.25) is 0 Å². The van der Waals surface area contributed by atoms with Gasteiger partial charge >= 0.3 is 6.18 Å². The Labute approximate surface area is 166 Å². The summed E-state index contributed by atoms with van der Waals surface area (Å²) in [6.45, 7) is 5.01. The highest BCUT2D eigenvalue weighted by Gasteiger charge is 2.31. The summed E-state index contributed by atoms with van der Waals surface area (Å²) in [7, 11) is 0. The minimum atomic E-state index is -4.48. The first-order valence-corrected chi connectivity index (χ1v) is 9.03. The normalized spacial score (nSPS) is 13.7. The van der Waals surface area contributed by atoms with Gasteiger partial charge in [-0.3, -0.25) is 9.59 Å². The van der Waals surface area contributed by atoms with Gasteiger partial charge in [-0.15, -0.1) is 0 Å². The number of alkyl halides is 3. The fourth-order valence-corrected chi connectivity index (χ4v) is 2.73. The SMILES string of the molecule is CC(NC(=O)C(NC(=O)c1ccc(F)cc1)C(C)C)c1cccc(C(F)(F)F)c1. The molecule has 0 fully saturated rings. The molecule has 0 heterocycles. The maximum absolute atomic E-state index is 13.0. The first kappa shape index (κ1) is 22.4. The van der Waals surface area contributed by atoms with Gasteiger partial charge in [0.1, 0.15) is 11.9 Å². The Kier molecular flexibility index (Phi) is 7.00. The maximum Gasteiger partial charge on any atom is 0.416 e. The van der Waals surface area contributed by atoms with Crippen LogP contribution >= 0.6 is 0 Å². The molecule has 0 spiro atoms. The maximum atomic E-state index is 13.0. The fourth-order valence-electron chi connectivity index (χ4n) is 2.73. The second-order valence-electron chi connectivity index (χ2n) is 7.06. The van der Waals surface area contributed by atoms with Gasteiger partial charge in [0.2, 0.25) is 5.91 Å². The van der Waals surface area contributed by atoms with Crippen molar-refractivity contribution in [2.24, 2.45) is 5.92 Å². The van der Waals surface area contributed by atoms with E-state index in [-0.39, 0.29) is 11.5 Å². The van der Waals surface area contributed by atoms with Crippen LogP contribution in [0.25, 0.3) is 0 Å². The highest BCUT2D eigenvalue weighted by atomic mass is 19.4. The summed E-state index contributed by atoms with van der Waals surface area (Å²) in [5.74, 6) is -1.85. The van der Waals surface area contributed by atoms with Crippen molar-refractivity contribution in [1.29, 1.82) is 0 Å². The molecule has 29 heavy (non-hydrogen) atoms.